The molecule has 5 rings (SSSR count). The molecule has 1 aliphatic carbocycles. The number of hydrogen-bond acceptors (Lipinski definition) is 4. The summed E-state index contributed by atoms with van der Waals surface area (Å²) >= 11 is 0. The van der Waals surface area contributed by atoms with Crippen LogP contribution in [0.2, 0.25) is 0 Å². The Bertz CT molecular complexity index is 1090. The Hall–Kier alpha value is -3.05. The van der Waals surface area contributed by atoms with Crippen LogP contribution in [0, 0.1) is 6.92 Å². The maximum atomic E-state index is 13.1. The Labute approximate surface area is 190 Å². The van der Waals surface area contributed by atoms with Gasteiger partial charge in [-0.1, -0.05) is 30.3 Å². The first kappa shape index (κ1) is 22.2. The van der Waals surface area contributed by atoms with E-state index < -0.39 is 0 Å². The van der Waals surface area contributed by atoms with Crippen LogP contribution in [0.3, 0.4) is 0 Å². The highest BCUT2D eigenvalue weighted by molar-refractivity contribution is 5.98. The molecule has 0 atom stereocenters. The second-order valence-electron chi connectivity index (χ2n) is 8.57. The van der Waals surface area contributed by atoms with Crippen LogP contribution in [0.5, 0.6) is 11.5 Å². The summed E-state index contributed by atoms with van der Waals surface area (Å²) in [5.41, 5.74) is 2.35. The minimum Gasteiger partial charge on any atom is -0.497 e. The fraction of sp³-hybridized carbons (Fsp3) is 0.370. The minimum absolute atomic E-state index is 0.0733. The van der Waals surface area contributed by atoms with Crippen LogP contribution in [0.4, 0.5) is 0 Å². The van der Waals surface area contributed by atoms with Crippen LogP contribution in [0.15, 0.2) is 54.6 Å². The number of fused-ring (bicyclic) bond motifs is 1. The number of aryl methyl sites for hydroxylation is 1. The van der Waals surface area contributed by atoms with Gasteiger partial charge in [0, 0.05) is 5.56 Å². The standard InChI is InChI=1S/C23H23NO3.C4H9N/c1-15-8-9-17(26-2)13-20(15)22(25)24-23(10-11-23)21-14-18(27-3)12-16-6-4-5-7-19(16)21;1-2-4-5-3-1/h4-9,12-14H,10-11H2,1-3H3,(H,24,25);5H,1-4H2. The van der Waals surface area contributed by atoms with Crippen molar-refractivity contribution >= 4 is 16.7 Å². The highest BCUT2D eigenvalue weighted by Crippen LogP contribution is 2.49. The Balaban J connectivity index is 0.000000433. The first-order valence-corrected chi connectivity index (χ1v) is 11.3. The molecule has 168 valence electrons. The SMILES string of the molecule is C1CCNC1.COc1ccc(C)c(C(=O)NC2(c3cc(OC)cc4ccccc34)CC2)c1. The van der Waals surface area contributed by atoms with Crippen molar-refractivity contribution in [1.82, 2.24) is 10.6 Å². The first-order valence-electron chi connectivity index (χ1n) is 11.3. The van der Waals surface area contributed by atoms with Crippen molar-refractivity contribution in [3.05, 3.63) is 71.3 Å². The molecule has 2 N–H and O–H groups in total. The van der Waals surface area contributed by atoms with Gasteiger partial charge >= 0.3 is 0 Å². The van der Waals surface area contributed by atoms with Crippen LogP contribution in [0.1, 0.15) is 47.2 Å². The Morgan fingerprint density at radius 3 is 2.28 bits per heavy atom. The molecule has 1 amide bonds. The van der Waals surface area contributed by atoms with Crippen molar-refractivity contribution in [3.8, 4) is 11.5 Å². The Kier molecular flexibility index (Phi) is 6.66. The topological polar surface area (TPSA) is 59.6 Å². The van der Waals surface area contributed by atoms with Gasteiger partial charge in [0.2, 0.25) is 0 Å². The van der Waals surface area contributed by atoms with Crippen LogP contribution in [-0.4, -0.2) is 33.2 Å². The van der Waals surface area contributed by atoms with E-state index in [0.717, 1.165) is 40.5 Å². The maximum absolute atomic E-state index is 13.1. The summed E-state index contributed by atoms with van der Waals surface area (Å²) in [6.07, 6.45) is 4.61. The third kappa shape index (κ3) is 4.73. The van der Waals surface area contributed by atoms with E-state index in [-0.39, 0.29) is 11.4 Å². The number of methoxy groups -OCH3 is 2. The highest BCUT2D eigenvalue weighted by atomic mass is 16.5. The van der Waals surface area contributed by atoms with Gasteiger partial charge in [-0.3, -0.25) is 4.79 Å². The number of rotatable bonds is 5. The summed E-state index contributed by atoms with van der Waals surface area (Å²) < 4.78 is 10.8. The van der Waals surface area contributed by atoms with Crippen molar-refractivity contribution in [1.29, 1.82) is 0 Å². The number of nitrogens with one attached hydrogen (secondary N) is 2. The van der Waals surface area contributed by atoms with Gasteiger partial charge in [0.05, 0.1) is 19.8 Å². The second-order valence-corrected chi connectivity index (χ2v) is 8.57. The van der Waals surface area contributed by atoms with Crippen molar-refractivity contribution in [2.45, 2.75) is 38.1 Å². The number of amides is 1. The van der Waals surface area contributed by atoms with Gasteiger partial charge in [0.15, 0.2) is 0 Å². The summed E-state index contributed by atoms with van der Waals surface area (Å²) in [7, 11) is 3.28. The molecular weight excluding hydrogens is 400 g/mol. The van der Waals surface area contributed by atoms with Crippen LogP contribution >= 0.6 is 0 Å². The number of carbonyl (C=O) groups excluding carboxylic acids is 1. The van der Waals surface area contributed by atoms with E-state index >= 15 is 0 Å². The van der Waals surface area contributed by atoms with Gasteiger partial charge in [-0.05, 0) is 91.9 Å². The molecule has 0 unspecified atom stereocenters. The number of benzene rings is 3. The van der Waals surface area contributed by atoms with Crippen molar-refractivity contribution < 1.29 is 14.3 Å². The molecule has 1 heterocycles. The van der Waals surface area contributed by atoms with Crippen LogP contribution in [0.25, 0.3) is 10.8 Å². The molecule has 2 aliphatic rings. The zero-order valence-corrected chi connectivity index (χ0v) is 19.2. The monoisotopic (exact) mass is 432 g/mol. The molecule has 0 bridgehead atoms. The molecule has 1 saturated carbocycles. The summed E-state index contributed by atoms with van der Waals surface area (Å²) in [5.74, 6) is 1.42. The lowest BCUT2D eigenvalue weighted by Crippen LogP contribution is -2.35. The fourth-order valence-corrected chi connectivity index (χ4v) is 4.27. The third-order valence-corrected chi connectivity index (χ3v) is 6.34. The number of ether oxygens (including phenoxy) is 2. The molecule has 3 aromatic carbocycles. The summed E-state index contributed by atoms with van der Waals surface area (Å²) in [6.45, 7) is 4.44. The molecule has 32 heavy (non-hydrogen) atoms. The predicted octanol–water partition coefficient (Wildman–Crippen LogP) is 4.95. The van der Waals surface area contributed by atoms with E-state index in [1.807, 2.05) is 43.3 Å². The second kappa shape index (κ2) is 9.61. The molecule has 0 aromatic heterocycles. The minimum atomic E-state index is -0.346. The zero-order valence-electron chi connectivity index (χ0n) is 19.2. The lowest BCUT2D eigenvalue weighted by atomic mass is 9.95. The van der Waals surface area contributed by atoms with Gasteiger partial charge in [-0.25, -0.2) is 0 Å². The van der Waals surface area contributed by atoms with E-state index in [1.165, 1.54) is 25.9 Å². The highest BCUT2D eigenvalue weighted by Gasteiger charge is 2.47. The fourth-order valence-electron chi connectivity index (χ4n) is 4.27. The molecule has 3 aromatic rings. The lowest BCUT2D eigenvalue weighted by Gasteiger charge is -2.22. The van der Waals surface area contributed by atoms with E-state index in [4.69, 9.17) is 9.47 Å². The molecule has 1 saturated heterocycles. The average molecular weight is 433 g/mol. The van der Waals surface area contributed by atoms with Crippen molar-refractivity contribution in [3.63, 3.8) is 0 Å². The van der Waals surface area contributed by atoms with E-state index in [9.17, 15) is 4.79 Å². The van der Waals surface area contributed by atoms with Gasteiger partial charge in [0.1, 0.15) is 11.5 Å². The van der Waals surface area contributed by atoms with Crippen LogP contribution < -0.4 is 20.1 Å². The Morgan fingerprint density at radius 1 is 0.938 bits per heavy atom. The largest absolute Gasteiger partial charge is 0.497 e. The molecule has 0 radical (unpaired) electrons. The van der Waals surface area contributed by atoms with Gasteiger partial charge < -0.3 is 20.1 Å². The third-order valence-electron chi connectivity index (χ3n) is 6.34. The zero-order chi connectivity index (χ0) is 22.6. The molecule has 1 aliphatic heterocycles. The molecule has 5 heteroatoms. The first-order chi connectivity index (χ1) is 15.6. The van der Waals surface area contributed by atoms with E-state index in [2.05, 4.69) is 22.8 Å². The lowest BCUT2D eigenvalue weighted by molar-refractivity contribution is 0.0930. The quantitative estimate of drug-likeness (QED) is 0.599. The molecule has 5 nitrogen and oxygen atoms in total. The summed E-state index contributed by atoms with van der Waals surface area (Å²) in [4.78, 5) is 13.1. The van der Waals surface area contributed by atoms with E-state index in [1.54, 1.807) is 20.3 Å². The van der Waals surface area contributed by atoms with Crippen molar-refractivity contribution in [2.75, 3.05) is 27.3 Å². The van der Waals surface area contributed by atoms with Gasteiger partial charge in [0.25, 0.3) is 5.91 Å². The average Bonchev–Trinajstić information content (AvgIpc) is 3.33. The van der Waals surface area contributed by atoms with Crippen LogP contribution in [-0.2, 0) is 5.54 Å². The summed E-state index contributed by atoms with van der Waals surface area (Å²) in [5, 5.41) is 8.77. The maximum Gasteiger partial charge on any atom is 0.252 e. The smallest absolute Gasteiger partial charge is 0.252 e. The summed E-state index contributed by atoms with van der Waals surface area (Å²) in [6, 6.07) is 17.9. The van der Waals surface area contributed by atoms with E-state index in [0.29, 0.717) is 11.3 Å². The number of carbonyl (C=O) groups is 1. The van der Waals surface area contributed by atoms with Crippen molar-refractivity contribution in [2.24, 2.45) is 0 Å². The molecular formula is C27H32N2O3. The van der Waals surface area contributed by atoms with Gasteiger partial charge in [-0.2, -0.15) is 0 Å². The Morgan fingerprint density at radius 2 is 1.66 bits per heavy atom. The molecule has 2 fully saturated rings. The predicted molar refractivity (Wildman–Crippen MR) is 129 cm³/mol. The number of hydrogen-bond donors (Lipinski definition) is 2. The normalized spacial score (nSPS) is 16.1. The van der Waals surface area contributed by atoms with Gasteiger partial charge in [-0.15, -0.1) is 0 Å². The molecule has 0 spiro atoms.